The number of hydrogen-bond donors (Lipinski definition) is 1. The summed E-state index contributed by atoms with van der Waals surface area (Å²) in [5.41, 5.74) is 6.19. The average molecular weight is 224 g/mol. The Balaban J connectivity index is 2.63. The summed E-state index contributed by atoms with van der Waals surface area (Å²) < 4.78 is 31.5. The van der Waals surface area contributed by atoms with Crippen molar-refractivity contribution in [2.45, 2.75) is 13.3 Å². The van der Waals surface area contributed by atoms with Crippen LogP contribution in [0.5, 0.6) is 0 Å². The Morgan fingerprint density at radius 3 is 2.81 bits per heavy atom. The van der Waals surface area contributed by atoms with Crippen molar-refractivity contribution in [1.82, 2.24) is 5.16 Å². The van der Waals surface area contributed by atoms with Gasteiger partial charge in [0.25, 0.3) is 0 Å². The number of nitrogen functional groups attached to an aromatic ring is 1. The lowest BCUT2D eigenvalue weighted by atomic mass is 10.1. The third kappa shape index (κ3) is 1.54. The van der Waals surface area contributed by atoms with E-state index in [9.17, 15) is 8.78 Å². The zero-order valence-electron chi connectivity index (χ0n) is 8.63. The summed E-state index contributed by atoms with van der Waals surface area (Å²) in [5.74, 6) is -1.47. The molecule has 0 saturated carbocycles. The first kappa shape index (κ1) is 10.6. The maximum atomic E-state index is 13.5. The summed E-state index contributed by atoms with van der Waals surface area (Å²) in [6.07, 6.45) is 0.542. The summed E-state index contributed by atoms with van der Waals surface area (Å²) in [6.45, 7) is 1.84. The normalized spacial score (nSPS) is 10.7. The molecule has 0 atom stereocenters. The van der Waals surface area contributed by atoms with E-state index in [1.807, 2.05) is 6.92 Å². The fourth-order valence-electron chi connectivity index (χ4n) is 1.55. The lowest BCUT2D eigenvalue weighted by Gasteiger charge is -2.01. The monoisotopic (exact) mass is 224 g/mol. The molecule has 5 heteroatoms. The Hall–Kier alpha value is -1.91. The van der Waals surface area contributed by atoms with E-state index in [-0.39, 0.29) is 17.1 Å². The van der Waals surface area contributed by atoms with Crippen LogP contribution in [0.4, 0.5) is 14.6 Å². The highest BCUT2D eigenvalue weighted by Crippen LogP contribution is 2.30. The highest BCUT2D eigenvalue weighted by molar-refractivity contribution is 5.66. The van der Waals surface area contributed by atoms with Gasteiger partial charge in [-0.1, -0.05) is 18.1 Å². The van der Waals surface area contributed by atoms with Crippen LogP contribution in [-0.2, 0) is 6.42 Å². The Labute approximate surface area is 90.9 Å². The second-order valence-corrected chi connectivity index (χ2v) is 3.33. The Bertz CT molecular complexity index is 523. The van der Waals surface area contributed by atoms with Gasteiger partial charge in [0, 0.05) is 5.56 Å². The van der Waals surface area contributed by atoms with Crippen molar-refractivity contribution in [3.8, 4) is 11.3 Å². The molecule has 1 aromatic heterocycles. The van der Waals surface area contributed by atoms with Gasteiger partial charge < -0.3 is 10.3 Å². The minimum absolute atomic E-state index is 0.0426. The number of anilines is 1. The molecule has 0 unspecified atom stereocenters. The molecule has 2 rings (SSSR count). The largest absolute Gasteiger partial charge is 0.381 e. The van der Waals surface area contributed by atoms with Gasteiger partial charge in [0.05, 0.1) is 5.56 Å². The molecule has 0 amide bonds. The number of aromatic nitrogens is 1. The molecule has 0 saturated heterocycles. The third-order valence-electron chi connectivity index (χ3n) is 2.37. The van der Waals surface area contributed by atoms with Gasteiger partial charge in [0.2, 0.25) is 0 Å². The molecule has 0 aliphatic carbocycles. The minimum Gasteiger partial charge on any atom is -0.381 e. The molecule has 0 radical (unpaired) electrons. The molecule has 1 aromatic carbocycles. The number of hydrogen-bond acceptors (Lipinski definition) is 3. The number of halogens is 2. The molecule has 0 fully saturated rings. The van der Waals surface area contributed by atoms with Crippen molar-refractivity contribution in [2.75, 3.05) is 5.73 Å². The average Bonchev–Trinajstić information content (AvgIpc) is 2.63. The number of rotatable bonds is 2. The Kier molecular flexibility index (Phi) is 2.60. The second kappa shape index (κ2) is 3.92. The predicted molar refractivity (Wildman–Crippen MR) is 55.6 cm³/mol. The van der Waals surface area contributed by atoms with Crippen LogP contribution in [0.3, 0.4) is 0 Å². The van der Waals surface area contributed by atoms with Crippen LogP contribution >= 0.6 is 0 Å². The van der Waals surface area contributed by atoms with Crippen molar-refractivity contribution < 1.29 is 13.3 Å². The van der Waals surface area contributed by atoms with E-state index >= 15 is 0 Å². The summed E-state index contributed by atoms with van der Waals surface area (Å²) in [4.78, 5) is 0. The fraction of sp³-hybridized carbons (Fsp3) is 0.182. The maximum absolute atomic E-state index is 13.5. The quantitative estimate of drug-likeness (QED) is 0.853. The molecule has 84 valence electrons. The minimum atomic E-state index is -0.951. The summed E-state index contributed by atoms with van der Waals surface area (Å²) in [7, 11) is 0. The fourth-order valence-corrected chi connectivity index (χ4v) is 1.55. The van der Waals surface area contributed by atoms with Crippen LogP contribution in [0, 0.1) is 11.6 Å². The molecular formula is C11H10F2N2O. The zero-order valence-corrected chi connectivity index (χ0v) is 8.63. The van der Waals surface area contributed by atoms with Crippen molar-refractivity contribution in [3.63, 3.8) is 0 Å². The smallest absolute Gasteiger partial charge is 0.175 e. The summed E-state index contributed by atoms with van der Waals surface area (Å²) >= 11 is 0. The van der Waals surface area contributed by atoms with Gasteiger partial charge in [-0.15, -0.1) is 0 Å². The molecule has 2 aromatic rings. The van der Waals surface area contributed by atoms with Crippen LogP contribution in [0.15, 0.2) is 22.7 Å². The van der Waals surface area contributed by atoms with Crippen LogP contribution in [-0.4, -0.2) is 5.16 Å². The number of nitrogens with zero attached hydrogens (tertiary/aromatic N) is 1. The zero-order chi connectivity index (χ0) is 11.7. The lowest BCUT2D eigenvalue weighted by Crippen LogP contribution is -1.93. The van der Waals surface area contributed by atoms with Gasteiger partial charge in [-0.25, -0.2) is 8.78 Å². The van der Waals surface area contributed by atoms with E-state index in [1.54, 1.807) is 0 Å². The van der Waals surface area contributed by atoms with E-state index in [4.69, 9.17) is 10.3 Å². The second-order valence-electron chi connectivity index (χ2n) is 3.33. The molecule has 0 spiro atoms. The number of benzene rings is 1. The topological polar surface area (TPSA) is 52.0 Å². The SMILES string of the molecule is CCc1c(N)noc1-c1cccc(F)c1F. The van der Waals surface area contributed by atoms with E-state index in [2.05, 4.69) is 5.16 Å². The Morgan fingerprint density at radius 1 is 1.38 bits per heavy atom. The van der Waals surface area contributed by atoms with Gasteiger partial charge in [-0.3, -0.25) is 0 Å². The summed E-state index contributed by atoms with van der Waals surface area (Å²) in [5, 5.41) is 3.55. The molecule has 16 heavy (non-hydrogen) atoms. The van der Waals surface area contributed by atoms with E-state index in [0.29, 0.717) is 12.0 Å². The predicted octanol–water partition coefficient (Wildman–Crippen LogP) is 2.76. The van der Waals surface area contributed by atoms with Crippen molar-refractivity contribution in [3.05, 3.63) is 35.4 Å². The van der Waals surface area contributed by atoms with Gasteiger partial charge in [-0.2, -0.15) is 0 Å². The van der Waals surface area contributed by atoms with Gasteiger partial charge >= 0.3 is 0 Å². The first-order chi connectivity index (χ1) is 7.65. The molecular weight excluding hydrogens is 214 g/mol. The van der Waals surface area contributed by atoms with E-state index < -0.39 is 11.6 Å². The standard InChI is InChI=1S/C11H10F2N2O/c1-2-6-10(16-15-11(6)14)7-4-3-5-8(12)9(7)13/h3-5H,2H2,1H3,(H2,14,15). The molecule has 0 aliphatic rings. The lowest BCUT2D eigenvalue weighted by molar-refractivity contribution is 0.429. The van der Waals surface area contributed by atoms with Gasteiger partial charge in [0.15, 0.2) is 23.2 Å². The Morgan fingerprint density at radius 2 is 2.12 bits per heavy atom. The van der Waals surface area contributed by atoms with Crippen LogP contribution in [0.25, 0.3) is 11.3 Å². The molecule has 0 aliphatic heterocycles. The highest BCUT2D eigenvalue weighted by atomic mass is 19.2. The maximum Gasteiger partial charge on any atom is 0.175 e. The summed E-state index contributed by atoms with van der Waals surface area (Å²) in [6, 6.07) is 3.88. The van der Waals surface area contributed by atoms with Crippen molar-refractivity contribution >= 4 is 5.82 Å². The highest BCUT2D eigenvalue weighted by Gasteiger charge is 2.19. The van der Waals surface area contributed by atoms with Crippen LogP contribution in [0.1, 0.15) is 12.5 Å². The van der Waals surface area contributed by atoms with Gasteiger partial charge in [0.1, 0.15) is 0 Å². The molecule has 0 bridgehead atoms. The van der Waals surface area contributed by atoms with E-state index in [1.165, 1.54) is 12.1 Å². The molecule has 1 heterocycles. The van der Waals surface area contributed by atoms with Crippen LogP contribution in [0.2, 0.25) is 0 Å². The first-order valence-corrected chi connectivity index (χ1v) is 4.83. The van der Waals surface area contributed by atoms with E-state index in [0.717, 1.165) is 6.07 Å². The van der Waals surface area contributed by atoms with Crippen molar-refractivity contribution in [1.29, 1.82) is 0 Å². The van der Waals surface area contributed by atoms with Crippen molar-refractivity contribution in [2.24, 2.45) is 0 Å². The first-order valence-electron chi connectivity index (χ1n) is 4.83. The van der Waals surface area contributed by atoms with Gasteiger partial charge in [-0.05, 0) is 18.6 Å². The number of nitrogens with two attached hydrogens (primary N) is 1. The molecule has 3 nitrogen and oxygen atoms in total. The molecule has 2 N–H and O–H groups in total. The third-order valence-corrected chi connectivity index (χ3v) is 2.37. The van der Waals surface area contributed by atoms with Crippen LogP contribution < -0.4 is 5.73 Å².